The van der Waals surface area contributed by atoms with E-state index in [9.17, 15) is 0 Å². The predicted octanol–water partition coefficient (Wildman–Crippen LogP) is 16.7. The zero-order valence-electron chi connectivity index (χ0n) is 33.4. The summed E-state index contributed by atoms with van der Waals surface area (Å²) in [5.41, 5.74) is 14.5. The molecule has 0 unspecified atom stereocenters. The summed E-state index contributed by atoms with van der Waals surface area (Å²) < 4.78 is 6.86. The molecule has 13 rings (SSSR count). The minimum Gasteiger partial charge on any atom is -0.455 e. The minimum absolute atomic E-state index is 0.0709. The Balaban J connectivity index is 0.987. The molecule has 60 heavy (non-hydrogen) atoms. The molecule has 280 valence electrons. The monoisotopic (exact) mass is 762 g/mol. The van der Waals surface area contributed by atoms with Crippen molar-refractivity contribution in [2.75, 3.05) is 0 Å². The minimum atomic E-state index is -0.0709. The Morgan fingerprint density at radius 1 is 0.317 bits per heavy atom. The Bertz CT molecular complexity index is 3750. The maximum atomic E-state index is 6.86. The van der Waals surface area contributed by atoms with Crippen LogP contribution in [0.5, 0.6) is 0 Å². The van der Waals surface area contributed by atoms with Crippen molar-refractivity contribution in [3.63, 3.8) is 0 Å². The highest BCUT2D eigenvalue weighted by atomic mass is 16.3. The summed E-state index contributed by atoms with van der Waals surface area (Å²) >= 11 is 0. The third-order valence-corrected chi connectivity index (χ3v) is 13.6. The molecule has 0 N–H and O–H groups in total. The highest BCUT2D eigenvalue weighted by molar-refractivity contribution is 6.24. The summed E-state index contributed by atoms with van der Waals surface area (Å²) in [7, 11) is 0. The first-order valence-electron chi connectivity index (χ1n) is 21.0. The van der Waals surface area contributed by atoms with Crippen molar-refractivity contribution in [1.82, 2.24) is 0 Å². The average molecular weight is 763 g/mol. The highest BCUT2D eigenvalue weighted by Gasteiger charge is 2.37. The number of furan rings is 1. The molecule has 0 saturated carbocycles. The molecule has 1 aromatic heterocycles. The van der Waals surface area contributed by atoms with E-state index in [2.05, 4.69) is 208 Å². The Morgan fingerprint density at radius 3 is 1.65 bits per heavy atom. The second-order valence-corrected chi connectivity index (χ2v) is 17.2. The summed E-state index contributed by atoms with van der Waals surface area (Å²) in [6.07, 6.45) is 0. The van der Waals surface area contributed by atoms with E-state index in [1.165, 1.54) is 115 Å². The van der Waals surface area contributed by atoms with Crippen LogP contribution < -0.4 is 0 Å². The third kappa shape index (κ3) is 4.63. The zero-order valence-corrected chi connectivity index (χ0v) is 33.4. The predicted molar refractivity (Wildman–Crippen MR) is 255 cm³/mol. The van der Waals surface area contributed by atoms with E-state index in [-0.39, 0.29) is 5.41 Å². The van der Waals surface area contributed by atoms with Crippen LogP contribution in [0, 0.1) is 0 Å². The first kappa shape index (κ1) is 33.5. The Hall–Kier alpha value is -7.48. The molecule has 0 amide bonds. The zero-order chi connectivity index (χ0) is 39.7. The fraction of sp³-hybridized carbons (Fsp3) is 0.0508. The largest absolute Gasteiger partial charge is 0.455 e. The van der Waals surface area contributed by atoms with Crippen LogP contribution in [0.2, 0.25) is 0 Å². The fourth-order valence-electron chi connectivity index (χ4n) is 10.8. The van der Waals surface area contributed by atoms with Gasteiger partial charge in [0.25, 0.3) is 0 Å². The fourth-order valence-corrected chi connectivity index (χ4v) is 10.8. The van der Waals surface area contributed by atoms with E-state index in [0.29, 0.717) is 0 Å². The standard InChI is InChI=1S/C59H38O/c1-59(2)52-22-12-11-21-50(52)57-53(59)30-29-49-51-33-37-24-25-38(32-40(37)34-54(51)60-58(49)57)41-27-28-48(43-16-6-5-15-42(41)43)56-46-19-9-7-17-44(46)55(45-18-8-10-20-47(45)56)39-26-23-35-13-3-4-14-36(35)31-39/h3-34H,1-2H3. The van der Waals surface area contributed by atoms with Gasteiger partial charge in [0.15, 0.2) is 0 Å². The van der Waals surface area contributed by atoms with Crippen molar-refractivity contribution in [1.29, 1.82) is 0 Å². The van der Waals surface area contributed by atoms with Gasteiger partial charge in [0.1, 0.15) is 11.2 Å². The quantitative estimate of drug-likeness (QED) is 0.163. The number of fused-ring (bicyclic) bond motifs is 12. The molecule has 0 fully saturated rings. The van der Waals surface area contributed by atoms with Crippen molar-refractivity contribution in [3.8, 4) is 44.5 Å². The molecule has 0 spiro atoms. The Kier molecular flexibility index (Phi) is 6.85. The number of hydrogen-bond acceptors (Lipinski definition) is 1. The van der Waals surface area contributed by atoms with Gasteiger partial charge in [-0.25, -0.2) is 0 Å². The molecule has 1 aliphatic carbocycles. The van der Waals surface area contributed by atoms with E-state index in [4.69, 9.17) is 4.42 Å². The van der Waals surface area contributed by atoms with Crippen LogP contribution >= 0.6 is 0 Å². The molecule has 1 nitrogen and oxygen atoms in total. The molecule has 0 atom stereocenters. The van der Waals surface area contributed by atoms with Gasteiger partial charge in [-0.2, -0.15) is 0 Å². The number of hydrogen-bond donors (Lipinski definition) is 0. The van der Waals surface area contributed by atoms with Crippen LogP contribution in [0.25, 0.3) is 120 Å². The van der Waals surface area contributed by atoms with Gasteiger partial charge in [-0.3, -0.25) is 0 Å². The van der Waals surface area contributed by atoms with Gasteiger partial charge in [0.2, 0.25) is 0 Å². The van der Waals surface area contributed by atoms with Crippen molar-refractivity contribution in [2.45, 2.75) is 19.3 Å². The molecular formula is C59H38O. The number of benzene rings is 11. The molecule has 0 aliphatic heterocycles. The van der Waals surface area contributed by atoms with Gasteiger partial charge in [-0.05, 0) is 128 Å². The van der Waals surface area contributed by atoms with E-state index >= 15 is 0 Å². The van der Waals surface area contributed by atoms with Crippen LogP contribution in [-0.2, 0) is 5.41 Å². The normalized spacial score (nSPS) is 13.3. The average Bonchev–Trinajstić information content (AvgIpc) is 3.77. The van der Waals surface area contributed by atoms with Crippen molar-refractivity contribution >= 4 is 75.8 Å². The first-order valence-corrected chi connectivity index (χ1v) is 21.0. The molecule has 0 radical (unpaired) electrons. The SMILES string of the molecule is CC1(C)c2ccccc2-c2c1ccc1c2oc2cc3cc(-c4ccc(-c5c6ccccc6c(-c6ccc7ccccc7c6)c6ccccc56)c5ccccc45)ccc3cc21. The van der Waals surface area contributed by atoms with Gasteiger partial charge in [-0.15, -0.1) is 0 Å². The van der Waals surface area contributed by atoms with Gasteiger partial charge in [-0.1, -0.05) is 184 Å². The summed E-state index contributed by atoms with van der Waals surface area (Å²) in [6, 6.07) is 72.0. The summed E-state index contributed by atoms with van der Waals surface area (Å²) in [5.74, 6) is 0. The lowest BCUT2D eigenvalue weighted by Gasteiger charge is -2.21. The molecule has 0 bridgehead atoms. The molecule has 11 aromatic carbocycles. The smallest absolute Gasteiger partial charge is 0.143 e. The third-order valence-electron chi connectivity index (χ3n) is 13.6. The summed E-state index contributed by atoms with van der Waals surface area (Å²) in [5, 5.41) is 14.8. The van der Waals surface area contributed by atoms with E-state index in [1.54, 1.807) is 0 Å². The van der Waals surface area contributed by atoms with Gasteiger partial charge in [0, 0.05) is 21.8 Å². The maximum absolute atomic E-state index is 6.86. The first-order chi connectivity index (χ1) is 29.5. The second-order valence-electron chi connectivity index (χ2n) is 17.2. The molecule has 1 aliphatic rings. The second kappa shape index (κ2) is 12.3. The van der Waals surface area contributed by atoms with Gasteiger partial charge in [0.05, 0.1) is 0 Å². The molecule has 1 heteroatoms. The summed E-state index contributed by atoms with van der Waals surface area (Å²) in [6.45, 7) is 4.65. The maximum Gasteiger partial charge on any atom is 0.143 e. The lowest BCUT2D eigenvalue weighted by Crippen LogP contribution is -2.14. The summed E-state index contributed by atoms with van der Waals surface area (Å²) in [4.78, 5) is 0. The van der Waals surface area contributed by atoms with Gasteiger partial charge < -0.3 is 4.42 Å². The molecular weight excluding hydrogens is 725 g/mol. The van der Waals surface area contributed by atoms with E-state index in [1.807, 2.05) is 0 Å². The van der Waals surface area contributed by atoms with Crippen LogP contribution in [0.15, 0.2) is 199 Å². The van der Waals surface area contributed by atoms with Crippen molar-refractivity contribution in [3.05, 3.63) is 205 Å². The van der Waals surface area contributed by atoms with E-state index in [0.717, 1.165) is 16.6 Å². The lowest BCUT2D eigenvalue weighted by atomic mass is 9.82. The van der Waals surface area contributed by atoms with Crippen LogP contribution in [-0.4, -0.2) is 0 Å². The van der Waals surface area contributed by atoms with Crippen molar-refractivity contribution < 1.29 is 4.42 Å². The lowest BCUT2D eigenvalue weighted by molar-refractivity contribution is 0.653. The van der Waals surface area contributed by atoms with Crippen LogP contribution in [0.4, 0.5) is 0 Å². The topological polar surface area (TPSA) is 13.1 Å². The highest BCUT2D eigenvalue weighted by Crippen LogP contribution is 2.53. The number of rotatable bonds is 3. The van der Waals surface area contributed by atoms with Crippen molar-refractivity contribution in [2.24, 2.45) is 0 Å². The van der Waals surface area contributed by atoms with Gasteiger partial charge >= 0.3 is 0 Å². The Morgan fingerprint density at radius 2 is 0.883 bits per heavy atom. The van der Waals surface area contributed by atoms with Crippen LogP contribution in [0.3, 0.4) is 0 Å². The molecule has 12 aromatic rings. The molecule has 0 saturated heterocycles. The molecule has 1 heterocycles. The Labute approximate surface area is 347 Å². The van der Waals surface area contributed by atoms with E-state index < -0.39 is 0 Å². The van der Waals surface area contributed by atoms with Crippen LogP contribution in [0.1, 0.15) is 25.0 Å².